The Labute approximate surface area is 188 Å². The number of amides is 1. The number of hydrogen-bond donors (Lipinski definition) is 0. The molecule has 0 saturated carbocycles. The van der Waals surface area contributed by atoms with Gasteiger partial charge in [-0.05, 0) is 41.2 Å². The Hall–Kier alpha value is -3.60. The average Bonchev–Trinajstić information content (AvgIpc) is 2.83. The second-order valence-electron chi connectivity index (χ2n) is 8.06. The summed E-state index contributed by atoms with van der Waals surface area (Å²) in [7, 11) is 0. The Bertz CT molecular complexity index is 1030. The molecule has 3 aromatic carbocycles. The summed E-state index contributed by atoms with van der Waals surface area (Å²) in [5, 5.41) is 0. The summed E-state index contributed by atoms with van der Waals surface area (Å²) in [5.74, 6) is 0.609. The Morgan fingerprint density at radius 3 is 2.12 bits per heavy atom. The van der Waals surface area contributed by atoms with Crippen molar-refractivity contribution in [2.75, 3.05) is 13.1 Å². The van der Waals surface area contributed by atoms with Crippen LogP contribution in [-0.2, 0) is 16.1 Å². The molecule has 1 fully saturated rings. The van der Waals surface area contributed by atoms with E-state index in [0.29, 0.717) is 18.8 Å². The largest absolute Gasteiger partial charge is 0.445 e. The molecule has 1 heterocycles. The zero-order valence-corrected chi connectivity index (χ0v) is 18.1. The van der Waals surface area contributed by atoms with E-state index in [9.17, 15) is 9.59 Å². The predicted octanol–water partition coefficient (Wildman–Crippen LogP) is 5.52. The Morgan fingerprint density at radius 1 is 0.844 bits per heavy atom. The Balaban J connectivity index is 1.49. The van der Waals surface area contributed by atoms with E-state index in [2.05, 4.69) is 12.1 Å². The number of piperidine rings is 1. The maximum Gasteiger partial charge on any atom is 0.410 e. The van der Waals surface area contributed by atoms with Crippen LogP contribution in [0.15, 0.2) is 84.9 Å². The van der Waals surface area contributed by atoms with Crippen molar-refractivity contribution < 1.29 is 19.1 Å². The summed E-state index contributed by atoms with van der Waals surface area (Å²) in [6.07, 6.45) is 0.547. The van der Waals surface area contributed by atoms with E-state index >= 15 is 0 Å². The van der Waals surface area contributed by atoms with Crippen molar-refractivity contribution in [2.24, 2.45) is 0 Å². The third-order valence-corrected chi connectivity index (χ3v) is 5.87. The van der Waals surface area contributed by atoms with Crippen LogP contribution >= 0.6 is 0 Å². The minimum absolute atomic E-state index is 0.147. The summed E-state index contributed by atoms with van der Waals surface area (Å²) >= 11 is 0. The minimum Gasteiger partial charge on any atom is -0.445 e. The highest BCUT2D eigenvalue weighted by molar-refractivity contribution is 5.69. The first kappa shape index (κ1) is 21.6. The number of esters is 1. The maximum atomic E-state index is 12.8. The molecule has 1 aliphatic rings. The van der Waals surface area contributed by atoms with Crippen LogP contribution in [-0.4, -0.2) is 30.1 Å². The third kappa shape index (κ3) is 5.35. The van der Waals surface area contributed by atoms with Gasteiger partial charge < -0.3 is 14.4 Å². The maximum absolute atomic E-state index is 12.8. The lowest BCUT2D eigenvalue weighted by Crippen LogP contribution is -2.42. The topological polar surface area (TPSA) is 55.8 Å². The Kier molecular flexibility index (Phi) is 6.85. The van der Waals surface area contributed by atoms with Gasteiger partial charge in [0.25, 0.3) is 0 Å². The molecule has 5 heteroatoms. The molecule has 32 heavy (non-hydrogen) atoms. The summed E-state index contributed by atoms with van der Waals surface area (Å²) in [6, 6.07) is 27.7. The van der Waals surface area contributed by atoms with Gasteiger partial charge in [0, 0.05) is 25.9 Å². The van der Waals surface area contributed by atoms with Crippen LogP contribution in [0.3, 0.4) is 0 Å². The lowest BCUT2D eigenvalue weighted by Gasteiger charge is -2.38. The fraction of sp³-hybridized carbons (Fsp3) is 0.259. The molecule has 0 bridgehead atoms. The van der Waals surface area contributed by atoms with Gasteiger partial charge in [-0.25, -0.2) is 4.79 Å². The molecule has 1 amide bonds. The number of rotatable bonds is 5. The number of likely N-dealkylation sites (tertiary alicyclic amines) is 1. The molecule has 0 aromatic heterocycles. The summed E-state index contributed by atoms with van der Waals surface area (Å²) in [5.41, 5.74) is 3.34. The molecule has 0 spiro atoms. The van der Waals surface area contributed by atoms with E-state index in [0.717, 1.165) is 12.0 Å². The highest BCUT2D eigenvalue weighted by Gasteiger charge is 2.34. The van der Waals surface area contributed by atoms with Crippen LogP contribution in [0.4, 0.5) is 4.79 Å². The lowest BCUT2D eigenvalue weighted by molar-refractivity contribution is -0.131. The predicted molar refractivity (Wildman–Crippen MR) is 122 cm³/mol. The molecule has 2 atom stereocenters. The van der Waals surface area contributed by atoms with Gasteiger partial charge in [-0.1, -0.05) is 72.8 Å². The number of ether oxygens (including phenoxy) is 2. The number of hydrogen-bond acceptors (Lipinski definition) is 4. The van der Waals surface area contributed by atoms with Gasteiger partial charge in [0.1, 0.15) is 12.4 Å². The number of nitrogens with zero attached hydrogens (tertiary/aromatic N) is 1. The molecule has 1 saturated heterocycles. The molecule has 0 radical (unpaired) electrons. The molecule has 0 aliphatic carbocycles. The third-order valence-electron chi connectivity index (χ3n) is 5.87. The van der Waals surface area contributed by atoms with Gasteiger partial charge in [-0.15, -0.1) is 0 Å². The van der Waals surface area contributed by atoms with E-state index in [-0.39, 0.29) is 30.5 Å². The second kappa shape index (κ2) is 10.1. The first-order chi connectivity index (χ1) is 15.6. The minimum atomic E-state index is -0.331. The molecule has 3 aromatic rings. The zero-order valence-electron chi connectivity index (χ0n) is 18.1. The van der Waals surface area contributed by atoms with Crippen molar-refractivity contribution in [3.8, 4) is 5.75 Å². The highest BCUT2D eigenvalue weighted by Crippen LogP contribution is 2.40. The van der Waals surface area contributed by atoms with Gasteiger partial charge in [-0.2, -0.15) is 0 Å². The smallest absolute Gasteiger partial charge is 0.410 e. The lowest BCUT2D eigenvalue weighted by atomic mass is 9.77. The quantitative estimate of drug-likeness (QED) is 0.396. The van der Waals surface area contributed by atoms with Crippen LogP contribution in [0, 0.1) is 0 Å². The fourth-order valence-electron chi connectivity index (χ4n) is 4.31. The van der Waals surface area contributed by atoms with Crippen LogP contribution in [0.5, 0.6) is 5.75 Å². The normalized spacial score (nSPS) is 18.1. The second-order valence-corrected chi connectivity index (χ2v) is 8.06. The molecule has 1 aliphatic heterocycles. The molecule has 4 rings (SSSR count). The van der Waals surface area contributed by atoms with E-state index in [1.807, 2.05) is 77.7 Å². The van der Waals surface area contributed by atoms with Crippen molar-refractivity contribution in [3.05, 3.63) is 102 Å². The van der Waals surface area contributed by atoms with Crippen molar-refractivity contribution in [3.63, 3.8) is 0 Å². The van der Waals surface area contributed by atoms with Crippen molar-refractivity contribution >= 4 is 12.1 Å². The van der Waals surface area contributed by atoms with Crippen LogP contribution < -0.4 is 4.74 Å². The van der Waals surface area contributed by atoms with Crippen molar-refractivity contribution in [2.45, 2.75) is 31.8 Å². The van der Waals surface area contributed by atoms with Gasteiger partial charge >= 0.3 is 12.1 Å². The van der Waals surface area contributed by atoms with Crippen LogP contribution in [0.25, 0.3) is 0 Å². The number of carbonyl (C=O) groups is 2. The zero-order chi connectivity index (χ0) is 22.3. The molecule has 5 nitrogen and oxygen atoms in total. The van der Waals surface area contributed by atoms with E-state index in [1.165, 1.54) is 18.1 Å². The summed E-state index contributed by atoms with van der Waals surface area (Å²) in [4.78, 5) is 25.8. The van der Waals surface area contributed by atoms with Gasteiger partial charge in [0.2, 0.25) is 0 Å². The highest BCUT2D eigenvalue weighted by atomic mass is 16.6. The van der Waals surface area contributed by atoms with E-state index in [4.69, 9.17) is 9.47 Å². The molecule has 0 unspecified atom stereocenters. The number of carbonyl (C=O) groups excluding carboxylic acids is 2. The first-order valence-corrected chi connectivity index (χ1v) is 10.9. The van der Waals surface area contributed by atoms with Gasteiger partial charge in [-0.3, -0.25) is 4.79 Å². The first-order valence-electron chi connectivity index (χ1n) is 10.9. The summed E-state index contributed by atoms with van der Waals surface area (Å²) < 4.78 is 10.8. The van der Waals surface area contributed by atoms with Gasteiger partial charge in [0.05, 0.1) is 0 Å². The molecule has 164 valence electrons. The summed E-state index contributed by atoms with van der Waals surface area (Å²) in [6.45, 7) is 2.89. The number of benzene rings is 3. The van der Waals surface area contributed by atoms with Crippen LogP contribution in [0.1, 0.15) is 41.9 Å². The fourth-order valence-corrected chi connectivity index (χ4v) is 4.31. The van der Waals surface area contributed by atoms with E-state index < -0.39 is 0 Å². The molecular formula is C27H27NO4. The van der Waals surface area contributed by atoms with Crippen molar-refractivity contribution in [1.82, 2.24) is 4.90 Å². The van der Waals surface area contributed by atoms with Crippen molar-refractivity contribution in [1.29, 1.82) is 0 Å². The van der Waals surface area contributed by atoms with E-state index in [1.54, 1.807) is 0 Å². The Morgan fingerprint density at radius 2 is 1.47 bits per heavy atom. The van der Waals surface area contributed by atoms with Crippen LogP contribution in [0.2, 0.25) is 0 Å². The standard InChI is InChI=1S/C27H27NO4/c1-20(29)32-24-14-12-23(13-15-24)25-16-17-28(18-26(25)22-10-6-3-7-11-22)27(30)31-19-21-8-4-2-5-9-21/h2-15,25-26H,16-19H2,1H3/t25-,26-/m0/s1. The molecule has 0 N–H and O–H groups in total. The monoisotopic (exact) mass is 429 g/mol. The SMILES string of the molecule is CC(=O)Oc1ccc([C@@H]2CCN(C(=O)OCc3ccccc3)C[C@H]2c2ccccc2)cc1. The average molecular weight is 430 g/mol. The van der Waals surface area contributed by atoms with Gasteiger partial charge in [0.15, 0.2) is 0 Å². The molecular weight excluding hydrogens is 402 g/mol.